The molecular weight excluding hydrogens is 584 g/mol. The zero-order chi connectivity index (χ0) is 31.9. The molecule has 1 amide bonds. The first-order valence-electron chi connectivity index (χ1n) is 17.2. The van der Waals surface area contributed by atoms with Crippen LogP contribution in [0.2, 0.25) is 0 Å². The molecule has 4 atom stereocenters. The number of H-pyrrole nitrogens is 2. The van der Waals surface area contributed by atoms with Crippen molar-refractivity contribution in [3.05, 3.63) is 84.7 Å². The van der Waals surface area contributed by atoms with Gasteiger partial charge in [0.05, 0.1) is 35.9 Å². The highest BCUT2D eigenvalue weighted by Gasteiger charge is 2.55. The standard InChI is InChI=1S/C39H42N6O2/c1-38(2,3)47-37(46)45-22-39(14-15-39)19-33(45)35-40-21-32(43-35)28-11-10-26-16-25(8-9-27(26)17-28)23-4-6-24(7-5-23)31-20-41-36(44-31)34-29-12-13-30(18-29)42-34/h4-11,16-17,20-21,29-30,33-34,42H,12-15,18-19,22H2,1-3H3,(H,40,43)(H,41,44)/t29?,30?,33-,34?/m0/s1. The monoisotopic (exact) mass is 626 g/mol. The number of fused-ring (bicyclic) bond motifs is 3. The molecule has 9 rings (SSSR count). The van der Waals surface area contributed by atoms with E-state index in [0.29, 0.717) is 18.0 Å². The first-order valence-corrected chi connectivity index (χ1v) is 17.2. The van der Waals surface area contributed by atoms with Crippen LogP contribution in [0.1, 0.15) is 83.0 Å². The summed E-state index contributed by atoms with van der Waals surface area (Å²) in [6.45, 7) is 6.49. The van der Waals surface area contributed by atoms with E-state index in [1.54, 1.807) is 0 Å². The number of hydrogen-bond acceptors (Lipinski definition) is 5. The van der Waals surface area contributed by atoms with E-state index in [0.717, 1.165) is 60.0 Å². The van der Waals surface area contributed by atoms with E-state index >= 15 is 0 Å². The molecule has 3 unspecified atom stereocenters. The molecule has 47 heavy (non-hydrogen) atoms. The summed E-state index contributed by atoms with van der Waals surface area (Å²) in [6.07, 6.45) is 10.8. The molecule has 8 heteroatoms. The average molecular weight is 627 g/mol. The van der Waals surface area contributed by atoms with Crippen molar-refractivity contribution in [3.63, 3.8) is 0 Å². The highest BCUT2D eigenvalue weighted by molar-refractivity contribution is 5.90. The number of hydrogen-bond donors (Lipinski definition) is 3. The van der Waals surface area contributed by atoms with E-state index in [4.69, 9.17) is 14.7 Å². The smallest absolute Gasteiger partial charge is 0.410 e. The van der Waals surface area contributed by atoms with E-state index in [9.17, 15) is 4.79 Å². The van der Waals surface area contributed by atoms with E-state index in [1.165, 1.54) is 41.2 Å². The van der Waals surface area contributed by atoms with Gasteiger partial charge >= 0.3 is 6.09 Å². The Hall–Kier alpha value is -4.43. The molecule has 2 aliphatic heterocycles. The highest BCUT2D eigenvalue weighted by atomic mass is 16.6. The van der Waals surface area contributed by atoms with Crippen LogP contribution in [-0.2, 0) is 4.74 Å². The number of nitrogens with one attached hydrogen (secondary N) is 3. The van der Waals surface area contributed by atoms with Gasteiger partial charge in [-0.25, -0.2) is 14.8 Å². The first kappa shape index (κ1) is 28.8. The van der Waals surface area contributed by atoms with Crippen molar-refractivity contribution in [1.29, 1.82) is 0 Å². The summed E-state index contributed by atoms with van der Waals surface area (Å²) in [5, 5.41) is 6.10. The van der Waals surface area contributed by atoms with Gasteiger partial charge in [-0.15, -0.1) is 0 Å². The molecule has 4 aliphatic rings. The lowest BCUT2D eigenvalue weighted by Crippen LogP contribution is -2.37. The topological polar surface area (TPSA) is 98.9 Å². The van der Waals surface area contributed by atoms with Crippen LogP contribution >= 0.6 is 0 Å². The molecule has 240 valence electrons. The van der Waals surface area contributed by atoms with Crippen LogP contribution in [0, 0.1) is 11.3 Å². The second-order valence-electron chi connectivity index (χ2n) is 15.5. The van der Waals surface area contributed by atoms with Gasteiger partial charge in [0.1, 0.15) is 17.2 Å². The summed E-state index contributed by atoms with van der Waals surface area (Å²) in [7, 11) is 0. The van der Waals surface area contributed by atoms with E-state index in [-0.39, 0.29) is 17.6 Å². The number of carbonyl (C=O) groups excluding carboxylic acids is 1. The molecule has 8 nitrogen and oxygen atoms in total. The largest absolute Gasteiger partial charge is 0.444 e. The average Bonchev–Trinajstić information content (AvgIpc) is 3.69. The maximum Gasteiger partial charge on any atom is 0.410 e. The minimum atomic E-state index is -0.527. The minimum absolute atomic E-state index is 0.0924. The molecule has 3 aromatic carbocycles. The van der Waals surface area contributed by atoms with Crippen molar-refractivity contribution in [2.45, 2.75) is 83.0 Å². The number of aromatic nitrogens is 4. The second kappa shape index (κ2) is 10.5. The van der Waals surface area contributed by atoms with Crippen LogP contribution in [0.5, 0.6) is 0 Å². The number of amides is 1. The molecule has 4 fully saturated rings. The number of nitrogens with zero attached hydrogens (tertiary/aromatic N) is 3. The number of rotatable bonds is 5. The molecule has 2 saturated carbocycles. The number of ether oxygens (including phenoxy) is 1. The maximum atomic E-state index is 13.1. The fourth-order valence-electron chi connectivity index (χ4n) is 8.24. The van der Waals surface area contributed by atoms with Gasteiger partial charge in [-0.1, -0.05) is 48.5 Å². The molecule has 0 radical (unpaired) electrons. The predicted octanol–water partition coefficient (Wildman–Crippen LogP) is 8.56. The van der Waals surface area contributed by atoms with Crippen LogP contribution in [0.15, 0.2) is 73.1 Å². The molecule has 2 aliphatic carbocycles. The Labute approximate surface area is 275 Å². The second-order valence-corrected chi connectivity index (χ2v) is 15.5. The summed E-state index contributed by atoms with van der Waals surface area (Å²) < 4.78 is 5.77. The first-order chi connectivity index (χ1) is 22.7. The van der Waals surface area contributed by atoms with Crippen molar-refractivity contribution in [1.82, 2.24) is 30.2 Å². The number of benzene rings is 3. The van der Waals surface area contributed by atoms with Crippen LogP contribution < -0.4 is 5.32 Å². The van der Waals surface area contributed by atoms with Gasteiger partial charge < -0.3 is 20.0 Å². The number of carbonyl (C=O) groups is 1. The molecule has 2 bridgehead atoms. The number of likely N-dealkylation sites (tertiary alicyclic amines) is 1. The van der Waals surface area contributed by atoms with Crippen LogP contribution in [0.25, 0.3) is 44.4 Å². The van der Waals surface area contributed by atoms with Crippen LogP contribution in [0.4, 0.5) is 4.79 Å². The molecule has 1 spiro atoms. The maximum absolute atomic E-state index is 13.1. The van der Waals surface area contributed by atoms with Crippen molar-refractivity contribution < 1.29 is 9.53 Å². The molecule has 3 N–H and O–H groups in total. The number of aromatic amines is 2. The van der Waals surface area contributed by atoms with Gasteiger partial charge in [-0.05, 0) is 110 Å². The summed E-state index contributed by atoms with van der Waals surface area (Å²) in [5.41, 5.74) is 6.34. The normalized spacial score (nSPS) is 24.4. The van der Waals surface area contributed by atoms with Crippen LogP contribution in [-0.4, -0.2) is 49.1 Å². The Kier molecular flexibility index (Phi) is 6.45. The van der Waals surface area contributed by atoms with Gasteiger partial charge in [0.2, 0.25) is 0 Å². The van der Waals surface area contributed by atoms with Crippen molar-refractivity contribution in [3.8, 4) is 33.6 Å². The van der Waals surface area contributed by atoms with E-state index in [2.05, 4.69) is 75.9 Å². The molecule has 5 aromatic rings. The van der Waals surface area contributed by atoms with Gasteiger partial charge in [0, 0.05) is 18.2 Å². The fraction of sp³-hybridized carbons (Fsp3) is 0.410. The van der Waals surface area contributed by atoms with E-state index < -0.39 is 5.60 Å². The Bertz CT molecular complexity index is 1980. The summed E-state index contributed by atoms with van der Waals surface area (Å²) in [5.74, 6) is 2.62. The zero-order valence-electron chi connectivity index (χ0n) is 27.3. The fourth-order valence-corrected chi connectivity index (χ4v) is 8.24. The van der Waals surface area contributed by atoms with Gasteiger partial charge in [-0.3, -0.25) is 4.90 Å². The Balaban J connectivity index is 0.916. The third-order valence-electron chi connectivity index (χ3n) is 10.9. The molecule has 2 aromatic heterocycles. The predicted molar refractivity (Wildman–Crippen MR) is 184 cm³/mol. The molecule has 4 heterocycles. The van der Waals surface area contributed by atoms with Gasteiger partial charge in [-0.2, -0.15) is 0 Å². The third-order valence-corrected chi connectivity index (χ3v) is 10.9. The molecule has 2 saturated heterocycles. The van der Waals surface area contributed by atoms with Gasteiger partial charge in [0.15, 0.2) is 0 Å². The van der Waals surface area contributed by atoms with Crippen molar-refractivity contribution >= 4 is 16.9 Å². The Morgan fingerprint density at radius 1 is 0.830 bits per heavy atom. The highest BCUT2D eigenvalue weighted by Crippen LogP contribution is 2.58. The quantitative estimate of drug-likeness (QED) is 0.182. The molecular formula is C39H42N6O2. The lowest BCUT2D eigenvalue weighted by atomic mass is 9.98. The van der Waals surface area contributed by atoms with Crippen molar-refractivity contribution in [2.75, 3.05) is 6.54 Å². The minimum Gasteiger partial charge on any atom is -0.444 e. The Morgan fingerprint density at radius 2 is 1.47 bits per heavy atom. The number of piperidine rings is 1. The lowest BCUT2D eigenvalue weighted by Gasteiger charge is -2.27. The Morgan fingerprint density at radius 3 is 2.15 bits per heavy atom. The summed E-state index contributed by atoms with van der Waals surface area (Å²) in [6, 6.07) is 22.9. The lowest BCUT2D eigenvalue weighted by molar-refractivity contribution is 0.0212. The zero-order valence-corrected chi connectivity index (χ0v) is 27.3. The van der Waals surface area contributed by atoms with Crippen LogP contribution in [0.3, 0.4) is 0 Å². The van der Waals surface area contributed by atoms with Crippen molar-refractivity contribution in [2.24, 2.45) is 11.3 Å². The SMILES string of the molecule is CC(C)(C)OC(=O)N1CC2(CC2)C[C@H]1c1ncc(-c2ccc3cc(-c4ccc(-c5cnc(C6NC7CCC6C7)[nH]5)cc4)ccc3c2)[nH]1. The summed E-state index contributed by atoms with van der Waals surface area (Å²) in [4.78, 5) is 31.7. The van der Waals surface area contributed by atoms with Gasteiger partial charge in [0.25, 0.3) is 0 Å². The van der Waals surface area contributed by atoms with E-state index in [1.807, 2.05) is 38.1 Å². The summed E-state index contributed by atoms with van der Waals surface area (Å²) >= 11 is 0. The third kappa shape index (κ3) is 5.32. The number of imidazole rings is 2.